The van der Waals surface area contributed by atoms with Crippen LogP contribution in [0.5, 0.6) is 0 Å². The smallest absolute Gasteiger partial charge is 0.275 e. The fraction of sp³-hybridized carbons (Fsp3) is 0.500. The highest BCUT2D eigenvalue weighted by molar-refractivity contribution is 5.96. The number of aromatic nitrogens is 3. The highest BCUT2D eigenvalue weighted by Crippen LogP contribution is 2.00. The van der Waals surface area contributed by atoms with Crippen molar-refractivity contribution < 1.29 is 9.53 Å². The summed E-state index contributed by atoms with van der Waals surface area (Å²) in [6, 6.07) is 0. The SMILES string of the molecule is COCCNC(=O)c1n[nH]nc1N. The summed E-state index contributed by atoms with van der Waals surface area (Å²) in [5.74, 6) is -0.266. The van der Waals surface area contributed by atoms with Gasteiger partial charge in [-0.1, -0.05) is 0 Å². The zero-order valence-electron chi connectivity index (χ0n) is 7.20. The summed E-state index contributed by atoms with van der Waals surface area (Å²) in [7, 11) is 1.55. The number of ether oxygens (including phenoxy) is 1. The predicted molar refractivity (Wildman–Crippen MR) is 45.0 cm³/mol. The summed E-state index contributed by atoms with van der Waals surface area (Å²) < 4.78 is 4.75. The van der Waals surface area contributed by atoms with Crippen LogP contribution in [0.1, 0.15) is 10.5 Å². The minimum atomic E-state index is -0.358. The third kappa shape index (κ3) is 2.41. The van der Waals surface area contributed by atoms with Crippen molar-refractivity contribution in [3.8, 4) is 0 Å². The Balaban J connectivity index is 2.45. The molecule has 4 N–H and O–H groups in total. The summed E-state index contributed by atoms with van der Waals surface area (Å²) in [6.45, 7) is 0.866. The van der Waals surface area contributed by atoms with E-state index >= 15 is 0 Å². The summed E-state index contributed by atoms with van der Waals surface area (Å²) in [5, 5.41) is 11.9. The molecule has 0 unspecified atom stereocenters. The molecule has 1 heterocycles. The van der Waals surface area contributed by atoms with Gasteiger partial charge in [0.1, 0.15) is 0 Å². The lowest BCUT2D eigenvalue weighted by Crippen LogP contribution is -2.27. The molecule has 1 rings (SSSR count). The van der Waals surface area contributed by atoms with Gasteiger partial charge >= 0.3 is 0 Å². The Kier molecular flexibility index (Phi) is 3.21. The first-order chi connectivity index (χ1) is 6.25. The molecule has 13 heavy (non-hydrogen) atoms. The molecule has 72 valence electrons. The Hall–Kier alpha value is -1.63. The molecule has 0 saturated heterocycles. The fourth-order valence-electron chi connectivity index (χ4n) is 0.757. The quantitative estimate of drug-likeness (QED) is 0.509. The Morgan fingerprint density at radius 3 is 3.00 bits per heavy atom. The van der Waals surface area contributed by atoms with Crippen molar-refractivity contribution >= 4 is 11.7 Å². The molecule has 0 fully saturated rings. The number of nitrogen functional groups attached to an aromatic ring is 1. The second-order valence-electron chi connectivity index (χ2n) is 2.31. The van der Waals surface area contributed by atoms with Crippen LogP contribution in [0.25, 0.3) is 0 Å². The number of carbonyl (C=O) groups is 1. The third-order valence-corrected chi connectivity index (χ3v) is 1.38. The van der Waals surface area contributed by atoms with Crippen molar-refractivity contribution in [3.05, 3.63) is 5.69 Å². The van der Waals surface area contributed by atoms with Gasteiger partial charge in [0.2, 0.25) is 0 Å². The van der Waals surface area contributed by atoms with Gasteiger partial charge in [0.15, 0.2) is 11.5 Å². The average molecular weight is 185 g/mol. The predicted octanol–water partition coefficient (Wildman–Crippen LogP) is -1.24. The molecule has 1 aromatic rings. The molecule has 0 saturated carbocycles. The first-order valence-electron chi connectivity index (χ1n) is 3.69. The molecule has 0 aromatic carbocycles. The van der Waals surface area contributed by atoms with E-state index in [1.165, 1.54) is 0 Å². The number of rotatable bonds is 4. The van der Waals surface area contributed by atoms with E-state index in [2.05, 4.69) is 20.7 Å². The number of amides is 1. The van der Waals surface area contributed by atoms with Crippen molar-refractivity contribution in [3.63, 3.8) is 0 Å². The van der Waals surface area contributed by atoms with Gasteiger partial charge in [-0.2, -0.15) is 5.21 Å². The maximum Gasteiger partial charge on any atom is 0.275 e. The van der Waals surface area contributed by atoms with Crippen molar-refractivity contribution in [2.45, 2.75) is 0 Å². The molecular formula is C6H11N5O2. The fourth-order valence-corrected chi connectivity index (χ4v) is 0.757. The Morgan fingerprint density at radius 1 is 1.69 bits per heavy atom. The van der Waals surface area contributed by atoms with E-state index in [1.807, 2.05) is 0 Å². The van der Waals surface area contributed by atoms with Crippen LogP contribution >= 0.6 is 0 Å². The number of carbonyl (C=O) groups excluding carboxylic acids is 1. The van der Waals surface area contributed by atoms with Gasteiger partial charge in [0.25, 0.3) is 5.91 Å². The molecule has 0 aliphatic carbocycles. The summed E-state index contributed by atoms with van der Waals surface area (Å²) >= 11 is 0. The molecule has 1 aromatic heterocycles. The highest BCUT2D eigenvalue weighted by atomic mass is 16.5. The largest absolute Gasteiger partial charge is 0.383 e. The van der Waals surface area contributed by atoms with E-state index in [9.17, 15) is 4.79 Å². The van der Waals surface area contributed by atoms with Crippen LogP contribution < -0.4 is 11.1 Å². The van der Waals surface area contributed by atoms with Crippen molar-refractivity contribution in [1.29, 1.82) is 0 Å². The van der Waals surface area contributed by atoms with Gasteiger partial charge in [-0.15, -0.1) is 10.2 Å². The average Bonchev–Trinajstić information content (AvgIpc) is 2.52. The van der Waals surface area contributed by atoms with Crippen molar-refractivity contribution in [2.75, 3.05) is 26.0 Å². The standard InChI is InChI=1S/C6H11N5O2/c1-13-3-2-8-6(12)4-5(7)10-11-9-4/h2-3H2,1H3,(H,8,12)(H3,7,9,10,11). The van der Waals surface area contributed by atoms with Crippen LogP contribution in [-0.2, 0) is 4.74 Å². The highest BCUT2D eigenvalue weighted by Gasteiger charge is 2.12. The number of nitrogens with two attached hydrogens (primary N) is 1. The summed E-state index contributed by atoms with van der Waals surface area (Å²) in [6.07, 6.45) is 0. The zero-order chi connectivity index (χ0) is 9.68. The number of anilines is 1. The van der Waals surface area contributed by atoms with Gasteiger partial charge < -0.3 is 15.8 Å². The summed E-state index contributed by atoms with van der Waals surface area (Å²) in [4.78, 5) is 11.2. The minimum Gasteiger partial charge on any atom is -0.383 e. The van der Waals surface area contributed by atoms with Crippen LogP contribution in [0.2, 0.25) is 0 Å². The van der Waals surface area contributed by atoms with Gasteiger partial charge in [0, 0.05) is 13.7 Å². The molecule has 7 heteroatoms. The van der Waals surface area contributed by atoms with E-state index < -0.39 is 0 Å². The van der Waals surface area contributed by atoms with E-state index in [4.69, 9.17) is 10.5 Å². The van der Waals surface area contributed by atoms with E-state index in [0.717, 1.165) is 0 Å². The summed E-state index contributed by atoms with van der Waals surface area (Å²) in [5.41, 5.74) is 5.46. The number of H-pyrrole nitrogens is 1. The minimum absolute atomic E-state index is 0.0925. The van der Waals surface area contributed by atoms with Gasteiger partial charge in [-0.05, 0) is 0 Å². The number of nitrogens with one attached hydrogen (secondary N) is 2. The van der Waals surface area contributed by atoms with E-state index in [0.29, 0.717) is 13.2 Å². The first-order valence-corrected chi connectivity index (χ1v) is 3.69. The van der Waals surface area contributed by atoms with Crippen molar-refractivity contribution in [1.82, 2.24) is 20.7 Å². The van der Waals surface area contributed by atoms with Crippen LogP contribution in [0.3, 0.4) is 0 Å². The molecule has 7 nitrogen and oxygen atoms in total. The van der Waals surface area contributed by atoms with Crippen LogP contribution in [-0.4, -0.2) is 41.6 Å². The second-order valence-corrected chi connectivity index (χ2v) is 2.31. The maximum atomic E-state index is 11.2. The maximum absolute atomic E-state index is 11.2. The molecule has 0 bridgehead atoms. The lowest BCUT2D eigenvalue weighted by molar-refractivity contribution is 0.0933. The topological polar surface area (TPSA) is 106 Å². The van der Waals surface area contributed by atoms with Crippen LogP contribution in [0.4, 0.5) is 5.82 Å². The number of nitrogens with zero attached hydrogens (tertiary/aromatic N) is 2. The second kappa shape index (κ2) is 4.41. The molecule has 0 spiro atoms. The van der Waals surface area contributed by atoms with Gasteiger partial charge in [-0.3, -0.25) is 4.79 Å². The van der Waals surface area contributed by atoms with Crippen LogP contribution in [0, 0.1) is 0 Å². The molecule has 0 aliphatic heterocycles. The van der Waals surface area contributed by atoms with Crippen molar-refractivity contribution in [2.24, 2.45) is 0 Å². The van der Waals surface area contributed by atoms with Crippen LogP contribution in [0.15, 0.2) is 0 Å². The number of aromatic amines is 1. The van der Waals surface area contributed by atoms with Gasteiger partial charge in [0.05, 0.1) is 6.61 Å². The lowest BCUT2D eigenvalue weighted by Gasteiger charge is -2.00. The number of methoxy groups -OCH3 is 1. The van der Waals surface area contributed by atoms with E-state index in [-0.39, 0.29) is 17.4 Å². The number of hydrogen-bond acceptors (Lipinski definition) is 5. The molecule has 0 atom stereocenters. The lowest BCUT2D eigenvalue weighted by atomic mass is 10.4. The van der Waals surface area contributed by atoms with E-state index in [1.54, 1.807) is 7.11 Å². The monoisotopic (exact) mass is 185 g/mol. The first kappa shape index (κ1) is 9.46. The Labute approximate surface area is 74.6 Å². The van der Waals surface area contributed by atoms with Gasteiger partial charge in [-0.25, -0.2) is 0 Å². The molecular weight excluding hydrogens is 174 g/mol. The number of hydrogen-bond donors (Lipinski definition) is 3. The third-order valence-electron chi connectivity index (χ3n) is 1.38. The molecule has 0 radical (unpaired) electrons. The zero-order valence-corrected chi connectivity index (χ0v) is 7.20. The molecule has 1 amide bonds. The Bertz CT molecular complexity index is 284. The molecule has 0 aliphatic rings. The Morgan fingerprint density at radius 2 is 2.46 bits per heavy atom. The normalized spacial score (nSPS) is 9.92.